The van der Waals surface area contributed by atoms with Crippen LogP contribution in [0.15, 0.2) is 48.8 Å². The summed E-state index contributed by atoms with van der Waals surface area (Å²) >= 11 is 0. The van der Waals surface area contributed by atoms with E-state index in [2.05, 4.69) is 4.98 Å². The molecular weight excluding hydrogens is 189 g/mol. The summed E-state index contributed by atoms with van der Waals surface area (Å²) < 4.78 is 12.1. The smallest absolute Gasteiger partial charge is 0.0969 e. The average Bonchev–Trinajstić information content (AvgIpc) is 2.31. The van der Waals surface area contributed by atoms with Crippen LogP contribution in [0.1, 0.15) is 5.56 Å². The number of halogens is 1. The first kappa shape index (κ1) is 9.84. The molecule has 0 aliphatic carbocycles. The lowest BCUT2D eigenvalue weighted by Crippen LogP contribution is -1.85. The highest BCUT2D eigenvalue weighted by Crippen LogP contribution is 2.19. The van der Waals surface area contributed by atoms with Crippen molar-refractivity contribution in [3.05, 3.63) is 60.8 Å². The Kier molecular flexibility index (Phi) is 3.08. The number of hydrogen-bond donors (Lipinski definition) is 0. The van der Waals surface area contributed by atoms with Crippen LogP contribution >= 0.6 is 0 Å². The van der Waals surface area contributed by atoms with Crippen LogP contribution < -0.4 is 0 Å². The molecule has 15 heavy (non-hydrogen) atoms. The van der Waals surface area contributed by atoms with Crippen molar-refractivity contribution in [2.45, 2.75) is 0 Å². The fourth-order valence-electron chi connectivity index (χ4n) is 1.48. The maximum atomic E-state index is 12.1. The lowest BCUT2D eigenvalue weighted by atomic mass is 10.0. The molecule has 0 N–H and O–H groups in total. The second-order valence-electron chi connectivity index (χ2n) is 3.22. The summed E-state index contributed by atoms with van der Waals surface area (Å²) in [6.07, 6.45) is 5.06. The second-order valence-corrected chi connectivity index (χ2v) is 3.22. The Morgan fingerprint density at radius 1 is 1.07 bits per heavy atom. The molecule has 0 atom stereocenters. The third-order valence-electron chi connectivity index (χ3n) is 2.21. The molecule has 1 aromatic carbocycles. The van der Waals surface area contributed by atoms with Gasteiger partial charge in [-0.05, 0) is 28.8 Å². The highest BCUT2D eigenvalue weighted by atomic mass is 19.1. The van der Waals surface area contributed by atoms with E-state index in [1.54, 1.807) is 18.8 Å². The van der Waals surface area contributed by atoms with Gasteiger partial charge in [0.1, 0.15) is 0 Å². The van der Waals surface area contributed by atoms with Gasteiger partial charge in [-0.3, -0.25) is 9.37 Å². The van der Waals surface area contributed by atoms with Gasteiger partial charge in [-0.15, -0.1) is 0 Å². The molecule has 2 rings (SSSR count). The van der Waals surface area contributed by atoms with Gasteiger partial charge in [-0.2, -0.15) is 0 Å². The summed E-state index contributed by atoms with van der Waals surface area (Å²) in [5.41, 5.74) is 3.09. The minimum absolute atomic E-state index is 0.431. The Morgan fingerprint density at radius 3 is 2.60 bits per heavy atom. The van der Waals surface area contributed by atoms with Crippen molar-refractivity contribution in [1.29, 1.82) is 0 Å². The Morgan fingerprint density at radius 2 is 1.87 bits per heavy atom. The molecule has 1 nitrogen and oxygen atoms in total. The molecule has 2 aromatic rings. The van der Waals surface area contributed by atoms with Gasteiger partial charge in [0.2, 0.25) is 0 Å². The van der Waals surface area contributed by atoms with Gasteiger partial charge >= 0.3 is 0 Å². The van der Waals surface area contributed by atoms with E-state index in [9.17, 15) is 4.39 Å². The Hall–Kier alpha value is -1.70. The number of rotatable bonds is 3. The van der Waals surface area contributed by atoms with Crippen LogP contribution in [0.4, 0.5) is 4.39 Å². The van der Waals surface area contributed by atoms with E-state index in [-0.39, 0.29) is 0 Å². The molecule has 1 aromatic heterocycles. The third-order valence-corrected chi connectivity index (χ3v) is 2.21. The van der Waals surface area contributed by atoms with E-state index in [1.807, 2.05) is 36.4 Å². The molecule has 0 fully saturated rings. The molecule has 1 radical (unpaired) electrons. The lowest BCUT2D eigenvalue weighted by Gasteiger charge is -2.03. The van der Waals surface area contributed by atoms with Gasteiger partial charge in [0.05, 0.1) is 6.67 Å². The molecule has 0 bridgehead atoms. The standard InChI is InChI=1S/C13H11FN/c14-7-4-11-2-1-3-13(10-11)12-5-8-15-9-6-12/h1-6,8-10H,7H2. The van der Waals surface area contributed by atoms with E-state index < -0.39 is 6.67 Å². The predicted molar refractivity (Wildman–Crippen MR) is 59.1 cm³/mol. The molecule has 0 saturated carbocycles. The number of aromatic nitrogens is 1. The van der Waals surface area contributed by atoms with Gasteiger partial charge < -0.3 is 0 Å². The van der Waals surface area contributed by atoms with E-state index in [0.29, 0.717) is 0 Å². The van der Waals surface area contributed by atoms with Crippen LogP contribution in [0.2, 0.25) is 0 Å². The summed E-state index contributed by atoms with van der Waals surface area (Å²) in [4.78, 5) is 3.96. The Labute approximate surface area is 88.6 Å². The molecule has 0 aliphatic heterocycles. The quantitative estimate of drug-likeness (QED) is 0.741. The minimum atomic E-state index is -0.431. The first-order valence-corrected chi connectivity index (χ1v) is 4.80. The zero-order valence-electron chi connectivity index (χ0n) is 8.23. The van der Waals surface area contributed by atoms with Gasteiger partial charge in [0, 0.05) is 18.8 Å². The van der Waals surface area contributed by atoms with Crippen LogP contribution in [-0.2, 0) is 0 Å². The predicted octanol–water partition coefficient (Wildman–Crippen LogP) is 3.27. The molecule has 0 spiro atoms. The van der Waals surface area contributed by atoms with Crippen molar-refractivity contribution in [2.75, 3.05) is 6.67 Å². The molecular formula is C13H11FN. The molecule has 0 saturated heterocycles. The van der Waals surface area contributed by atoms with Crippen molar-refractivity contribution in [1.82, 2.24) is 4.98 Å². The van der Waals surface area contributed by atoms with Gasteiger partial charge in [0.25, 0.3) is 0 Å². The molecule has 1 heterocycles. The van der Waals surface area contributed by atoms with Crippen molar-refractivity contribution in [3.8, 4) is 11.1 Å². The third kappa shape index (κ3) is 2.40. The molecule has 0 unspecified atom stereocenters. The molecule has 2 heteroatoms. The molecule has 0 amide bonds. The average molecular weight is 200 g/mol. The Balaban J connectivity index is 2.33. The fourth-order valence-corrected chi connectivity index (χ4v) is 1.48. The van der Waals surface area contributed by atoms with Gasteiger partial charge in [0.15, 0.2) is 0 Å². The lowest BCUT2D eigenvalue weighted by molar-refractivity contribution is 0.544. The van der Waals surface area contributed by atoms with Crippen LogP contribution in [-0.4, -0.2) is 11.7 Å². The number of benzene rings is 1. The first-order valence-electron chi connectivity index (χ1n) is 4.80. The van der Waals surface area contributed by atoms with Crippen molar-refractivity contribution >= 4 is 0 Å². The number of hydrogen-bond acceptors (Lipinski definition) is 1. The minimum Gasteiger partial charge on any atom is -0.265 e. The number of nitrogens with zero attached hydrogens (tertiary/aromatic N) is 1. The summed E-state index contributed by atoms with van der Waals surface area (Å²) in [5.74, 6) is 0. The normalized spacial score (nSPS) is 10.2. The summed E-state index contributed by atoms with van der Waals surface area (Å²) in [7, 11) is 0. The van der Waals surface area contributed by atoms with E-state index in [1.165, 1.54) is 0 Å². The largest absolute Gasteiger partial charge is 0.265 e. The monoisotopic (exact) mass is 200 g/mol. The molecule has 0 aliphatic rings. The van der Waals surface area contributed by atoms with Gasteiger partial charge in [-0.1, -0.05) is 24.3 Å². The zero-order valence-corrected chi connectivity index (χ0v) is 8.23. The highest BCUT2D eigenvalue weighted by molar-refractivity contribution is 5.63. The van der Waals surface area contributed by atoms with Crippen molar-refractivity contribution in [2.24, 2.45) is 0 Å². The molecule has 75 valence electrons. The maximum absolute atomic E-state index is 12.1. The van der Waals surface area contributed by atoms with Crippen LogP contribution in [0.25, 0.3) is 11.1 Å². The van der Waals surface area contributed by atoms with Crippen LogP contribution in [0.5, 0.6) is 0 Å². The van der Waals surface area contributed by atoms with E-state index in [4.69, 9.17) is 0 Å². The van der Waals surface area contributed by atoms with Crippen LogP contribution in [0.3, 0.4) is 0 Å². The first-order chi connectivity index (χ1) is 7.40. The Bertz CT molecular complexity index is 426. The number of pyridine rings is 1. The van der Waals surface area contributed by atoms with E-state index >= 15 is 0 Å². The number of alkyl halides is 1. The van der Waals surface area contributed by atoms with Gasteiger partial charge in [-0.25, -0.2) is 0 Å². The second kappa shape index (κ2) is 4.69. The summed E-state index contributed by atoms with van der Waals surface area (Å²) in [6.45, 7) is -0.431. The topological polar surface area (TPSA) is 12.9 Å². The summed E-state index contributed by atoms with van der Waals surface area (Å²) in [6, 6.07) is 11.7. The zero-order chi connectivity index (χ0) is 10.5. The van der Waals surface area contributed by atoms with Crippen LogP contribution in [0, 0.1) is 6.42 Å². The van der Waals surface area contributed by atoms with E-state index in [0.717, 1.165) is 16.7 Å². The fraction of sp³-hybridized carbons (Fsp3) is 0.0769. The van der Waals surface area contributed by atoms with Crippen molar-refractivity contribution in [3.63, 3.8) is 0 Å². The SMILES string of the molecule is FC[CH]c1cccc(-c2ccncc2)c1. The summed E-state index contributed by atoms with van der Waals surface area (Å²) in [5, 5.41) is 0. The van der Waals surface area contributed by atoms with Crippen molar-refractivity contribution < 1.29 is 4.39 Å². The highest BCUT2D eigenvalue weighted by Gasteiger charge is 1.98. The maximum Gasteiger partial charge on any atom is 0.0969 e.